The summed E-state index contributed by atoms with van der Waals surface area (Å²) >= 11 is 0. The van der Waals surface area contributed by atoms with E-state index in [1.165, 1.54) is 0 Å². The molecular weight excluding hydrogens is 198 g/mol. The first kappa shape index (κ1) is 13.5. The average molecular weight is 225 g/mol. The molecule has 0 saturated carbocycles. The van der Waals surface area contributed by atoms with E-state index in [0.29, 0.717) is 6.04 Å². The molecule has 1 rings (SSSR count). The van der Waals surface area contributed by atoms with Crippen molar-refractivity contribution in [2.45, 2.75) is 67.3 Å². The highest BCUT2D eigenvalue weighted by Gasteiger charge is 2.54. The van der Waals surface area contributed by atoms with Crippen molar-refractivity contribution >= 4 is 5.91 Å². The van der Waals surface area contributed by atoms with Crippen LogP contribution in [0.5, 0.6) is 0 Å². The van der Waals surface area contributed by atoms with Gasteiger partial charge in [-0.3, -0.25) is 4.79 Å². The number of rotatable bonds is 1. The molecule has 0 aromatic rings. The summed E-state index contributed by atoms with van der Waals surface area (Å²) in [7, 11) is 0. The number of carbonyl (C=O) groups excluding carboxylic acids is 1. The van der Waals surface area contributed by atoms with Crippen LogP contribution in [0.1, 0.15) is 61.3 Å². The van der Waals surface area contributed by atoms with Gasteiger partial charge in [0, 0.05) is 6.04 Å². The van der Waals surface area contributed by atoms with Crippen molar-refractivity contribution in [1.82, 2.24) is 5.32 Å². The van der Waals surface area contributed by atoms with Crippen molar-refractivity contribution in [2.24, 2.45) is 16.2 Å². The Hall–Kier alpha value is -0.530. The minimum atomic E-state index is -0.252. The number of piperidine rings is 1. The fourth-order valence-corrected chi connectivity index (χ4v) is 2.50. The zero-order chi connectivity index (χ0) is 12.8. The fourth-order valence-electron chi connectivity index (χ4n) is 2.50. The van der Waals surface area contributed by atoms with Crippen molar-refractivity contribution in [1.29, 1.82) is 0 Å². The molecule has 2 nitrogen and oxygen atoms in total. The van der Waals surface area contributed by atoms with Gasteiger partial charge in [-0.25, -0.2) is 0 Å². The van der Waals surface area contributed by atoms with Crippen molar-refractivity contribution in [2.75, 3.05) is 0 Å². The van der Waals surface area contributed by atoms with E-state index in [9.17, 15) is 4.79 Å². The second kappa shape index (κ2) is 3.75. The molecule has 0 aromatic carbocycles. The van der Waals surface area contributed by atoms with Crippen LogP contribution in [0.2, 0.25) is 0 Å². The van der Waals surface area contributed by atoms with Gasteiger partial charge in [0.25, 0.3) is 0 Å². The minimum absolute atomic E-state index is 0.00970. The lowest BCUT2D eigenvalue weighted by Gasteiger charge is -2.53. The normalized spacial score (nSPS) is 32.4. The third-order valence-corrected chi connectivity index (χ3v) is 5.21. The van der Waals surface area contributed by atoms with E-state index in [4.69, 9.17) is 0 Å². The van der Waals surface area contributed by atoms with E-state index in [1.807, 2.05) is 0 Å². The highest BCUT2D eigenvalue weighted by molar-refractivity contribution is 5.84. The van der Waals surface area contributed by atoms with Crippen molar-refractivity contribution in [3.63, 3.8) is 0 Å². The van der Waals surface area contributed by atoms with E-state index in [0.717, 1.165) is 12.8 Å². The number of hydrogen-bond acceptors (Lipinski definition) is 1. The Labute approximate surface area is 100 Å². The summed E-state index contributed by atoms with van der Waals surface area (Å²) in [5, 5.41) is 3.11. The summed E-state index contributed by atoms with van der Waals surface area (Å²) in [4.78, 5) is 12.3. The zero-order valence-electron chi connectivity index (χ0n) is 11.9. The molecule has 1 heterocycles. The lowest BCUT2D eigenvalue weighted by molar-refractivity contribution is -0.148. The van der Waals surface area contributed by atoms with Crippen molar-refractivity contribution in [3.05, 3.63) is 0 Å². The molecule has 2 atom stereocenters. The van der Waals surface area contributed by atoms with Crippen LogP contribution in [0, 0.1) is 16.2 Å². The third-order valence-electron chi connectivity index (χ3n) is 5.21. The molecule has 0 radical (unpaired) electrons. The maximum atomic E-state index is 12.3. The SMILES string of the molecule is CC1CCC(C)(C(C)(C)C(C)(C)C)C(=O)N1. The van der Waals surface area contributed by atoms with Gasteiger partial charge in [0.1, 0.15) is 0 Å². The molecule has 1 N–H and O–H groups in total. The molecule has 1 saturated heterocycles. The molecule has 16 heavy (non-hydrogen) atoms. The number of hydrogen-bond donors (Lipinski definition) is 1. The standard InChI is InChI=1S/C14H27NO/c1-10-8-9-14(7,11(16)15-10)13(5,6)12(2,3)4/h10H,8-9H2,1-7H3,(H,15,16). The molecule has 0 spiro atoms. The highest BCUT2D eigenvalue weighted by atomic mass is 16.2. The first-order valence-corrected chi connectivity index (χ1v) is 6.33. The summed E-state index contributed by atoms with van der Waals surface area (Å²) in [6.45, 7) is 15.3. The van der Waals surface area contributed by atoms with Gasteiger partial charge in [-0.2, -0.15) is 0 Å². The van der Waals surface area contributed by atoms with E-state index >= 15 is 0 Å². The summed E-state index contributed by atoms with van der Waals surface area (Å²) in [5.41, 5.74) is -0.137. The van der Waals surface area contributed by atoms with Gasteiger partial charge in [-0.05, 0) is 30.6 Å². The Kier molecular flexibility index (Phi) is 3.17. The van der Waals surface area contributed by atoms with Gasteiger partial charge < -0.3 is 5.32 Å². The van der Waals surface area contributed by atoms with Gasteiger partial charge >= 0.3 is 0 Å². The van der Waals surface area contributed by atoms with E-state index in [2.05, 4.69) is 53.8 Å². The lowest BCUT2D eigenvalue weighted by Crippen LogP contribution is -2.58. The zero-order valence-corrected chi connectivity index (χ0v) is 11.9. The summed E-state index contributed by atoms with van der Waals surface area (Å²) < 4.78 is 0. The quantitative estimate of drug-likeness (QED) is 0.728. The van der Waals surface area contributed by atoms with Gasteiger partial charge in [0.05, 0.1) is 5.41 Å². The predicted molar refractivity (Wildman–Crippen MR) is 68.2 cm³/mol. The molecule has 1 aliphatic rings. The van der Waals surface area contributed by atoms with Crippen LogP contribution in [0.15, 0.2) is 0 Å². The molecule has 1 fully saturated rings. The van der Waals surface area contributed by atoms with Crippen LogP contribution in [0.4, 0.5) is 0 Å². The van der Waals surface area contributed by atoms with E-state index in [-0.39, 0.29) is 22.2 Å². The maximum absolute atomic E-state index is 12.3. The van der Waals surface area contributed by atoms with Gasteiger partial charge in [0.2, 0.25) is 5.91 Å². The first-order chi connectivity index (χ1) is 7.02. The minimum Gasteiger partial charge on any atom is -0.353 e. The molecular formula is C14H27NO. The van der Waals surface area contributed by atoms with Gasteiger partial charge in [0.15, 0.2) is 0 Å². The van der Waals surface area contributed by atoms with E-state index in [1.54, 1.807) is 0 Å². The van der Waals surface area contributed by atoms with Crippen LogP contribution < -0.4 is 5.32 Å². The molecule has 94 valence electrons. The van der Waals surface area contributed by atoms with Crippen LogP contribution in [-0.2, 0) is 4.79 Å². The average Bonchev–Trinajstić information content (AvgIpc) is 2.10. The highest BCUT2D eigenvalue weighted by Crippen LogP contribution is 2.54. The first-order valence-electron chi connectivity index (χ1n) is 6.33. The van der Waals surface area contributed by atoms with Crippen molar-refractivity contribution in [3.8, 4) is 0 Å². The molecule has 2 unspecified atom stereocenters. The maximum Gasteiger partial charge on any atom is 0.226 e. The smallest absolute Gasteiger partial charge is 0.226 e. The Morgan fingerprint density at radius 3 is 2.12 bits per heavy atom. The lowest BCUT2D eigenvalue weighted by atomic mass is 9.52. The number of carbonyl (C=O) groups is 1. The summed E-state index contributed by atoms with van der Waals surface area (Å²) in [6.07, 6.45) is 2.08. The topological polar surface area (TPSA) is 29.1 Å². The summed E-state index contributed by atoms with van der Waals surface area (Å²) in [5.74, 6) is 0.228. The third kappa shape index (κ3) is 1.87. The molecule has 0 aliphatic carbocycles. The van der Waals surface area contributed by atoms with E-state index < -0.39 is 0 Å². The largest absolute Gasteiger partial charge is 0.353 e. The Morgan fingerprint density at radius 2 is 1.75 bits per heavy atom. The molecule has 0 bridgehead atoms. The molecule has 1 aliphatic heterocycles. The number of nitrogens with one attached hydrogen (secondary N) is 1. The molecule has 1 amide bonds. The monoisotopic (exact) mass is 225 g/mol. The summed E-state index contributed by atoms with van der Waals surface area (Å²) in [6, 6.07) is 0.330. The Morgan fingerprint density at radius 1 is 1.25 bits per heavy atom. The van der Waals surface area contributed by atoms with Gasteiger partial charge in [-0.1, -0.05) is 41.5 Å². The Bertz CT molecular complexity index is 288. The van der Waals surface area contributed by atoms with Crippen LogP contribution in [0.3, 0.4) is 0 Å². The fraction of sp³-hybridized carbons (Fsp3) is 0.929. The van der Waals surface area contributed by atoms with Crippen molar-refractivity contribution < 1.29 is 4.79 Å². The number of amides is 1. The van der Waals surface area contributed by atoms with Gasteiger partial charge in [-0.15, -0.1) is 0 Å². The Balaban J connectivity index is 3.06. The predicted octanol–water partition coefficient (Wildman–Crippen LogP) is 3.36. The molecule has 0 aromatic heterocycles. The van der Waals surface area contributed by atoms with Crippen LogP contribution >= 0.6 is 0 Å². The second-order valence-corrected chi connectivity index (χ2v) is 7.12. The second-order valence-electron chi connectivity index (χ2n) is 7.12. The van der Waals surface area contributed by atoms with Crippen LogP contribution in [0.25, 0.3) is 0 Å². The molecule has 2 heteroatoms. The van der Waals surface area contributed by atoms with Crippen LogP contribution in [-0.4, -0.2) is 11.9 Å².